The Hall–Kier alpha value is -4.88. The van der Waals surface area contributed by atoms with E-state index in [1.807, 2.05) is 0 Å². The normalized spacial score (nSPS) is 14.1. The van der Waals surface area contributed by atoms with Gasteiger partial charge in [0.2, 0.25) is 0 Å². The zero-order chi connectivity index (χ0) is 41.6. The molecule has 10 rings (SSSR count). The second-order valence-corrected chi connectivity index (χ2v) is 20.2. The SMILES string of the molecule is CCCC1=Cc2c(-c3cc4ccccc4c4ccccc34)cccc2C1c1[c-]c(C(C)(C)C)cc2c1Cc1ccc(C(C)(C)C)cc1-2.[Zr].c1ccc([Si]c2ccccc2)cc1. The van der Waals surface area contributed by atoms with Gasteiger partial charge in [0.05, 0.1) is 0 Å². The van der Waals surface area contributed by atoms with Crippen LogP contribution in [-0.4, -0.2) is 9.52 Å². The van der Waals surface area contributed by atoms with E-state index in [0.717, 1.165) is 28.8 Å². The average Bonchev–Trinajstić information content (AvgIpc) is 3.81. The molecule has 0 fully saturated rings. The van der Waals surface area contributed by atoms with Crippen molar-refractivity contribution < 1.29 is 26.2 Å². The van der Waals surface area contributed by atoms with Crippen LogP contribution in [0.3, 0.4) is 0 Å². The molecule has 0 saturated carbocycles. The van der Waals surface area contributed by atoms with Crippen LogP contribution in [-0.2, 0) is 43.5 Å². The van der Waals surface area contributed by atoms with Crippen molar-refractivity contribution in [3.8, 4) is 22.3 Å². The Balaban J connectivity index is 0.000000313. The van der Waals surface area contributed by atoms with Gasteiger partial charge >= 0.3 is 0 Å². The molecule has 0 amide bonds. The van der Waals surface area contributed by atoms with Crippen LogP contribution in [0.5, 0.6) is 0 Å². The van der Waals surface area contributed by atoms with Crippen molar-refractivity contribution in [2.75, 3.05) is 0 Å². The summed E-state index contributed by atoms with van der Waals surface area (Å²) in [7, 11) is 0.777. The fourth-order valence-corrected chi connectivity index (χ4v) is 10.4. The maximum atomic E-state index is 4.11. The number of benzene rings is 8. The third-order valence-corrected chi connectivity index (χ3v) is 13.8. The Labute approximate surface area is 386 Å². The van der Waals surface area contributed by atoms with Crippen LogP contribution in [0.25, 0.3) is 49.9 Å². The third kappa shape index (κ3) is 8.52. The summed E-state index contributed by atoms with van der Waals surface area (Å²) in [5, 5.41) is 8.05. The monoisotopic (exact) mass is 881 g/mol. The molecule has 0 spiro atoms. The van der Waals surface area contributed by atoms with Gasteiger partial charge in [-0.05, 0) is 90.2 Å². The van der Waals surface area contributed by atoms with Gasteiger partial charge < -0.3 is 0 Å². The van der Waals surface area contributed by atoms with E-state index in [4.69, 9.17) is 0 Å². The summed E-state index contributed by atoms with van der Waals surface area (Å²) in [6.45, 7) is 16.3. The van der Waals surface area contributed by atoms with E-state index in [9.17, 15) is 0 Å². The smallest absolute Gasteiger partial charge is 0.121 e. The van der Waals surface area contributed by atoms with Crippen LogP contribution in [0.4, 0.5) is 0 Å². The molecule has 0 bridgehead atoms. The van der Waals surface area contributed by atoms with Gasteiger partial charge in [0, 0.05) is 32.1 Å². The number of rotatable bonds is 6. The Morgan fingerprint density at radius 2 is 1.21 bits per heavy atom. The minimum Gasteiger partial charge on any atom is -0.175 e. The molecule has 0 saturated heterocycles. The standard InChI is InChI=1S/C47H45.C12H10Si.Zr/c1-8-14-31-25-41-37(40-23-29-15-9-10-16-34(29)35-17-11-12-18-36(35)40)19-13-20-38(41)45(31)44-28-33(47(5,6)7)27-43-39-26-32(46(2,3)4)22-21-30(39)24-42(43)44;1-3-7-11(8-4-1)13-12-9-5-2-6-10-12;/h9-13,15-23,25-27,45H,8,14,24H2,1-7H3;1-10H;/q-1;;. The maximum absolute atomic E-state index is 4.11. The van der Waals surface area contributed by atoms with Gasteiger partial charge in [-0.15, -0.1) is 16.7 Å². The van der Waals surface area contributed by atoms with E-state index >= 15 is 0 Å². The zero-order valence-electron chi connectivity index (χ0n) is 36.8. The summed E-state index contributed by atoms with van der Waals surface area (Å²) in [4.78, 5) is 0. The Bertz CT molecular complexity index is 2850. The second kappa shape index (κ2) is 17.5. The molecule has 0 heterocycles. The van der Waals surface area contributed by atoms with E-state index in [0.29, 0.717) is 0 Å². The number of hydrogen-bond donors (Lipinski definition) is 0. The Morgan fingerprint density at radius 1 is 0.574 bits per heavy atom. The predicted molar refractivity (Wildman–Crippen MR) is 260 cm³/mol. The molecule has 8 aromatic carbocycles. The molecule has 300 valence electrons. The van der Waals surface area contributed by atoms with E-state index in [1.54, 1.807) is 0 Å². The Kier molecular flexibility index (Phi) is 12.3. The second-order valence-electron chi connectivity index (χ2n) is 18.8. The molecule has 61 heavy (non-hydrogen) atoms. The van der Waals surface area contributed by atoms with Crippen LogP contribution < -0.4 is 10.4 Å². The maximum Gasteiger partial charge on any atom is 0.121 e. The number of hydrogen-bond acceptors (Lipinski definition) is 0. The Morgan fingerprint density at radius 3 is 1.87 bits per heavy atom. The van der Waals surface area contributed by atoms with Crippen LogP contribution >= 0.6 is 0 Å². The van der Waals surface area contributed by atoms with E-state index in [1.165, 1.54) is 98.7 Å². The van der Waals surface area contributed by atoms with Crippen molar-refractivity contribution >= 4 is 47.5 Å². The molecule has 0 aromatic heterocycles. The first kappa shape index (κ1) is 42.8. The molecule has 1 unspecified atom stereocenters. The third-order valence-electron chi connectivity index (χ3n) is 12.5. The van der Waals surface area contributed by atoms with Crippen molar-refractivity contribution in [2.45, 2.75) is 84.5 Å². The summed E-state index contributed by atoms with van der Waals surface area (Å²) in [6.07, 6.45) is 5.74. The minimum absolute atomic E-state index is 0. The minimum atomic E-state index is -0.00387. The van der Waals surface area contributed by atoms with Gasteiger partial charge in [0.15, 0.2) is 0 Å². The average molecular weight is 883 g/mol. The molecule has 0 nitrogen and oxygen atoms in total. The molecule has 0 aliphatic heterocycles. The fraction of sp³-hybridized carbons (Fsp3) is 0.220. The molecule has 1 atom stereocenters. The van der Waals surface area contributed by atoms with Gasteiger partial charge in [-0.25, -0.2) is 0 Å². The topological polar surface area (TPSA) is 0 Å². The number of fused-ring (bicyclic) bond motifs is 7. The fourth-order valence-electron chi connectivity index (χ4n) is 9.38. The van der Waals surface area contributed by atoms with Crippen molar-refractivity contribution in [3.05, 3.63) is 208 Å². The van der Waals surface area contributed by atoms with Crippen LogP contribution in [0.2, 0.25) is 0 Å². The first-order chi connectivity index (χ1) is 29.0. The molecular formula is C59H55SiZr-. The van der Waals surface area contributed by atoms with Gasteiger partial charge in [0.1, 0.15) is 9.52 Å². The predicted octanol–water partition coefficient (Wildman–Crippen LogP) is 14.3. The molecule has 2 aliphatic rings. The molecule has 2 radical (unpaired) electrons. The van der Waals surface area contributed by atoms with Crippen LogP contribution in [0.15, 0.2) is 163 Å². The van der Waals surface area contributed by atoms with Gasteiger partial charge in [0.25, 0.3) is 0 Å². The van der Waals surface area contributed by atoms with Gasteiger partial charge in [-0.3, -0.25) is 0 Å². The molecule has 0 N–H and O–H groups in total. The van der Waals surface area contributed by atoms with E-state index in [-0.39, 0.29) is 43.0 Å². The van der Waals surface area contributed by atoms with Crippen LogP contribution in [0.1, 0.15) is 106 Å². The van der Waals surface area contributed by atoms with Gasteiger partial charge in [-0.2, -0.15) is 17.7 Å². The quantitative estimate of drug-likeness (QED) is 0.0887. The zero-order valence-corrected chi connectivity index (χ0v) is 40.2. The summed E-state index contributed by atoms with van der Waals surface area (Å²) in [5.41, 5.74) is 17.0. The van der Waals surface area contributed by atoms with E-state index in [2.05, 4.69) is 218 Å². The first-order valence-electron chi connectivity index (χ1n) is 21.8. The van der Waals surface area contributed by atoms with E-state index < -0.39 is 0 Å². The summed E-state index contributed by atoms with van der Waals surface area (Å²) in [6, 6.07) is 62.2. The molecule has 2 heteroatoms. The van der Waals surface area contributed by atoms with Crippen LogP contribution in [0, 0.1) is 6.07 Å². The summed E-state index contributed by atoms with van der Waals surface area (Å²) < 4.78 is 0. The van der Waals surface area contributed by atoms with Crippen molar-refractivity contribution in [2.24, 2.45) is 0 Å². The molecule has 2 aliphatic carbocycles. The van der Waals surface area contributed by atoms with Crippen molar-refractivity contribution in [1.29, 1.82) is 0 Å². The van der Waals surface area contributed by atoms with Crippen molar-refractivity contribution in [3.63, 3.8) is 0 Å². The molecule has 8 aromatic rings. The largest absolute Gasteiger partial charge is 0.175 e. The van der Waals surface area contributed by atoms with Gasteiger partial charge in [-0.1, -0.05) is 223 Å². The number of allylic oxidation sites excluding steroid dienone is 1. The first-order valence-corrected chi connectivity index (χ1v) is 22.8. The molecular weight excluding hydrogens is 828 g/mol. The summed E-state index contributed by atoms with van der Waals surface area (Å²) in [5.74, 6) is 0.212. The summed E-state index contributed by atoms with van der Waals surface area (Å²) >= 11 is 0. The van der Waals surface area contributed by atoms with Crippen molar-refractivity contribution in [1.82, 2.24) is 0 Å².